The number of hydrogen-bond acceptors (Lipinski definition) is 12. The molecular weight excluding hydrogens is 1040 g/mol. The van der Waals surface area contributed by atoms with Crippen LogP contribution < -0.4 is 9.47 Å². The second-order valence-electron chi connectivity index (χ2n) is 20.3. The van der Waals surface area contributed by atoms with Gasteiger partial charge in [-0.15, -0.1) is 10.2 Å². The second kappa shape index (κ2) is 23.8. The zero-order valence-corrected chi connectivity index (χ0v) is 46.4. The molecule has 0 N–H and O–H groups in total. The normalized spacial score (nSPS) is 14.7. The number of likely N-dealkylation sites (tertiary alicyclic amines) is 2. The lowest BCUT2D eigenvalue weighted by atomic mass is 10.0. The first-order chi connectivity index (χ1) is 34.2. The Balaban J connectivity index is 0.000000213. The SMILES string of the molecule is CCCc1cc(CCC)cc(Oc2cccc(-c3c(C)nnn3C3CCN(C(=O)OC(C)(C)C)CC3)n2)c1.Cc1nnn(C2CCN(C(=O)OC(C)(C)C)CC2)c1-c1cccc(Oc2cc(Br)cc(Br)c2)n1. The van der Waals surface area contributed by atoms with Crippen LogP contribution in [0.1, 0.15) is 129 Å². The summed E-state index contributed by atoms with van der Waals surface area (Å²) in [5.41, 5.74) is 6.45. The average molecular weight is 1110 g/mol. The van der Waals surface area contributed by atoms with Crippen LogP contribution in [-0.4, -0.2) is 99.3 Å². The number of halogens is 2. The maximum atomic E-state index is 12.5. The van der Waals surface area contributed by atoms with Gasteiger partial charge in [-0.05, 0) is 148 Å². The van der Waals surface area contributed by atoms with Gasteiger partial charge in [-0.1, -0.05) is 87.2 Å². The number of carbonyl (C=O) groups is 2. The third kappa shape index (κ3) is 14.6. The molecule has 2 saturated heterocycles. The van der Waals surface area contributed by atoms with Crippen LogP contribution >= 0.6 is 31.9 Å². The van der Waals surface area contributed by atoms with Crippen LogP contribution in [0.2, 0.25) is 0 Å². The molecule has 18 heteroatoms. The summed E-state index contributed by atoms with van der Waals surface area (Å²) in [4.78, 5) is 38.0. The molecule has 16 nitrogen and oxygen atoms in total. The first-order valence-electron chi connectivity index (χ1n) is 24.9. The van der Waals surface area contributed by atoms with E-state index in [9.17, 15) is 9.59 Å². The van der Waals surface area contributed by atoms with Crippen LogP contribution in [0, 0.1) is 13.8 Å². The first kappa shape index (κ1) is 53.9. The summed E-state index contributed by atoms with van der Waals surface area (Å²) in [6, 6.07) is 23.9. The van der Waals surface area contributed by atoms with Crippen LogP contribution in [-0.2, 0) is 22.3 Å². The van der Waals surface area contributed by atoms with Crippen LogP contribution in [0.15, 0.2) is 81.7 Å². The van der Waals surface area contributed by atoms with Gasteiger partial charge in [-0.3, -0.25) is 0 Å². The van der Waals surface area contributed by atoms with Crippen molar-refractivity contribution in [2.75, 3.05) is 26.2 Å². The molecule has 0 radical (unpaired) electrons. The standard InChI is InChI=1S/C30H41N5O3.C24H27Br2N5O3/c1-7-10-22-18-23(11-8-2)20-25(19-22)37-27-13-9-12-26(31-27)28-21(3)32-33-35(28)24-14-16-34(17-15-24)29(36)38-30(4,5)6;1-15-22(20-6-5-7-21(27-20)33-19-13-16(25)12-17(26)14-19)31(29-28-15)18-8-10-30(11-9-18)23(32)34-24(2,3)4/h9,12-13,18-20,24H,7-8,10-11,14-17H2,1-6H3;5-7,12-14,18H,8-11H2,1-4H3. The third-order valence-corrected chi connectivity index (χ3v) is 12.9. The molecule has 0 spiro atoms. The van der Waals surface area contributed by atoms with E-state index >= 15 is 0 Å². The highest BCUT2D eigenvalue weighted by Crippen LogP contribution is 2.35. The Kier molecular flexibility index (Phi) is 17.8. The number of ether oxygens (including phenoxy) is 4. The molecule has 6 aromatic rings. The Morgan fingerprint density at radius 2 is 0.972 bits per heavy atom. The summed E-state index contributed by atoms with van der Waals surface area (Å²) < 4.78 is 29.1. The Bertz CT molecular complexity index is 2760. The minimum Gasteiger partial charge on any atom is -0.444 e. The highest BCUT2D eigenvalue weighted by atomic mass is 79.9. The molecule has 384 valence electrons. The van der Waals surface area contributed by atoms with Gasteiger partial charge in [0.05, 0.1) is 34.9 Å². The molecule has 2 amide bonds. The van der Waals surface area contributed by atoms with Crippen molar-refractivity contribution >= 4 is 44.0 Å². The molecule has 2 fully saturated rings. The number of aromatic nitrogens is 8. The molecule has 2 aromatic carbocycles. The predicted molar refractivity (Wildman–Crippen MR) is 285 cm³/mol. The molecular formula is C54H68Br2N10O6. The Labute approximate surface area is 440 Å². The number of rotatable bonds is 12. The lowest BCUT2D eigenvalue weighted by Crippen LogP contribution is -2.42. The minimum atomic E-state index is -0.505. The van der Waals surface area contributed by atoms with Crippen molar-refractivity contribution in [3.05, 3.63) is 104 Å². The molecule has 4 aromatic heterocycles. The van der Waals surface area contributed by atoms with Gasteiger partial charge in [-0.2, -0.15) is 0 Å². The molecule has 8 rings (SSSR count). The fourth-order valence-electron chi connectivity index (χ4n) is 8.79. The van der Waals surface area contributed by atoms with Crippen molar-refractivity contribution in [1.29, 1.82) is 0 Å². The number of nitrogens with zero attached hydrogens (tertiary/aromatic N) is 10. The van der Waals surface area contributed by atoms with E-state index in [1.807, 2.05) is 119 Å². The van der Waals surface area contributed by atoms with E-state index < -0.39 is 11.2 Å². The van der Waals surface area contributed by atoms with Gasteiger partial charge < -0.3 is 28.7 Å². The lowest BCUT2D eigenvalue weighted by molar-refractivity contribution is 0.0174. The Morgan fingerprint density at radius 1 is 0.583 bits per heavy atom. The summed E-state index contributed by atoms with van der Waals surface area (Å²) >= 11 is 6.96. The molecule has 0 aliphatic carbocycles. The maximum absolute atomic E-state index is 12.5. The maximum Gasteiger partial charge on any atom is 0.410 e. The summed E-state index contributed by atoms with van der Waals surface area (Å²) in [5.74, 6) is 2.52. The summed E-state index contributed by atoms with van der Waals surface area (Å²) in [5, 5.41) is 17.6. The Hall–Kier alpha value is -5.88. The van der Waals surface area contributed by atoms with E-state index in [-0.39, 0.29) is 24.3 Å². The first-order valence-corrected chi connectivity index (χ1v) is 26.5. The number of carbonyl (C=O) groups excluding carboxylic acids is 2. The molecule has 0 unspecified atom stereocenters. The van der Waals surface area contributed by atoms with Crippen LogP contribution in [0.5, 0.6) is 23.3 Å². The van der Waals surface area contributed by atoms with Gasteiger partial charge in [0.2, 0.25) is 11.8 Å². The fourth-order valence-corrected chi connectivity index (χ4v) is 10.0. The zero-order valence-electron chi connectivity index (χ0n) is 43.2. The van der Waals surface area contributed by atoms with Crippen molar-refractivity contribution in [1.82, 2.24) is 49.8 Å². The topological polar surface area (TPSA) is 165 Å². The largest absolute Gasteiger partial charge is 0.444 e. The molecule has 0 saturated carbocycles. The van der Waals surface area contributed by atoms with Gasteiger partial charge in [0.15, 0.2) is 0 Å². The minimum absolute atomic E-state index is 0.113. The van der Waals surface area contributed by atoms with Crippen molar-refractivity contribution in [3.63, 3.8) is 0 Å². The fraction of sp³-hybridized carbons (Fsp3) is 0.481. The van der Waals surface area contributed by atoms with Gasteiger partial charge >= 0.3 is 12.2 Å². The van der Waals surface area contributed by atoms with E-state index in [1.165, 1.54) is 11.1 Å². The average Bonchev–Trinajstić information content (AvgIpc) is 3.90. The van der Waals surface area contributed by atoms with Gasteiger partial charge in [0, 0.05) is 47.3 Å². The van der Waals surface area contributed by atoms with Gasteiger partial charge in [0.25, 0.3) is 0 Å². The summed E-state index contributed by atoms with van der Waals surface area (Å²) in [7, 11) is 0. The number of piperidine rings is 2. The molecule has 2 aliphatic rings. The number of pyridine rings is 2. The van der Waals surface area contributed by atoms with Crippen molar-refractivity contribution in [2.24, 2.45) is 0 Å². The number of amides is 2. The molecule has 2 aliphatic heterocycles. The van der Waals surface area contributed by atoms with Gasteiger partial charge in [0.1, 0.15) is 34.1 Å². The Morgan fingerprint density at radius 3 is 1.35 bits per heavy atom. The van der Waals surface area contributed by atoms with Crippen LogP contribution in [0.25, 0.3) is 22.8 Å². The van der Waals surface area contributed by atoms with Crippen molar-refractivity contribution in [2.45, 2.75) is 144 Å². The predicted octanol–water partition coefficient (Wildman–Crippen LogP) is 13.5. The van der Waals surface area contributed by atoms with E-state index in [2.05, 4.69) is 84.5 Å². The quantitative estimate of drug-likeness (QED) is 0.114. The van der Waals surface area contributed by atoms with Crippen molar-refractivity contribution < 1.29 is 28.5 Å². The summed E-state index contributed by atoms with van der Waals surface area (Å²) in [6.07, 6.45) is 6.77. The third-order valence-electron chi connectivity index (χ3n) is 12.0. The van der Waals surface area contributed by atoms with Gasteiger partial charge in [-0.25, -0.2) is 28.9 Å². The number of hydrogen-bond donors (Lipinski definition) is 0. The molecule has 0 bridgehead atoms. The zero-order chi connectivity index (χ0) is 51.7. The van der Waals surface area contributed by atoms with E-state index in [4.69, 9.17) is 28.9 Å². The van der Waals surface area contributed by atoms with E-state index in [0.717, 1.165) is 100 Å². The molecule has 6 heterocycles. The van der Waals surface area contributed by atoms with Crippen LogP contribution in [0.3, 0.4) is 0 Å². The lowest BCUT2D eigenvalue weighted by Gasteiger charge is -2.33. The number of aryl methyl sites for hydroxylation is 4. The molecule has 72 heavy (non-hydrogen) atoms. The van der Waals surface area contributed by atoms with Crippen molar-refractivity contribution in [3.8, 4) is 46.0 Å². The monoisotopic (exact) mass is 1110 g/mol. The second-order valence-corrected chi connectivity index (χ2v) is 22.2. The highest BCUT2D eigenvalue weighted by molar-refractivity contribution is 9.11. The van der Waals surface area contributed by atoms with E-state index in [1.54, 1.807) is 9.80 Å². The molecule has 0 atom stereocenters. The van der Waals surface area contributed by atoms with E-state index in [0.29, 0.717) is 43.7 Å². The smallest absolute Gasteiger partial charge is 0.410 e. The van der Waals surface area contributed by atoms with Crippen LogP contribution in [0.4, 0.5) is 9.59 Å². The summed E-state index contributed by atoms with van der Waals surface area (Å²) in [6.45, 7) is 22.0. The number of benzene rings is 2. The highest BCUT2D eigenvalue weighted by Gasteiger charge is 2.32.